The predicted molar refractivity (Wildman–Crippen MR) is 99.4 cm³/mol. The van der Waals surface area contributed by atoms with E-state index in [-0.39, 0.29) is 41.8 Å². The molecule has 2 aromatic rings. The van der Waals surface area contributed by atoms with Gasteiger partial charge in [-0.05, 0) is 24.6 Å². The van der Waals surface area contributed by atoms with Gasteiger partial charge in [-0.1, -0.05) is 19.4 Å². The maximum Gasteiger partial charge on any atom is 1.00 e. The van der Waals surface area contributed by atoms with Gasteiger partial charge in [0.05, 0.1) is 17.7 Å². The predicted octanol–water partition coefficient (Wildman–Crippen LogP) is 0.122. The van der Waals surface area contributed by atoms with Crippen molar-refractivity contribution in [3.05, 3.63) is 45.7 Å². The van der Waals surface area contributed by atoms with Crippen LogP contribution in [-0.4, -0.2) is 15.6 Å². The molecule has 0 aliphatic heterocycles. The summed E-state index contributed by atoms with van der Waals surface area (Å²) in [6.45, 7) is 1.59. The van der Waals surface area contributed by atoms with Crippen molar-refractivity contribution in [2.24, 2.45) is 16.0 Å². The Balaban J connectivity index is 0.00000512. The minimum Gasteiger partial charge on any atom is -0.691 e. The second-order valence-electron chi connectivity index (χ2n) is 6.01. The fourth-order valence-corrected chi connectivity index (χ4v) is 2.99. The largest absolute Gasteiger partial charge is 1.00 e. The first kappa shape index (κ1) is 28.1. The van der Waals surface area contributed by atoms with Gasteiger partial charge < -0.3 is 16.1 Å². The van der Waals surface area contributed by atoms with Gasteiger partial charge in [0.15, 0.2) is 5.69 Å². The first-order chi connectivity index (χ1) is 14.6. The topological polar surface area (TPSA) is 152 Å². The van der Waals surface area contributed by atoms with Crippen molar-refractivity contribution in [1.29, 1.82) is 0 Å². The number of carbonyl (C=O) groups excluding carboxylic acids is 1. The molecule has 3 N–H and O–H groups in total. The molecular weight excluding hydrogens is 468 g/mol. The minimum atomic E-state index is -5.24. The molecule has 1 aromatic carbocycles. The van der Waals surface area contributed by atoms with Crippen LogP contribution >= 0.6 is 12.0 Å². The smallest absolute Gasteiger partial charge is 0.691 e. The summed E-state index contributed by atoms with van der Waals surface area (Å²) >= 11 is 0.510. The van der Waals surface area contributed by atoms with Gasteiger partial charge in [0.1, 0.15) is 11.1 Å². The van der Waals surface area contributed by atoms with Crippen LogP contribution in [0.2, 0.25) is 0 Å². The zero-order chi connectivity index (χ0) is 23.2. The molecule has 0 fully saturated rings. The molecule has 10 nitrogen and oxygen atoms in total. The summed E-state index contributed by atoms with van der Waals surface area (Å²) in [6, 6.07) is 5.55. The number of carbonyl (C=O) groups is 1. The molecule has 1 amide bonds. The van der Waals surface area contributed by atoms with Gasteiger partial charge in [0, 0.05) is 11.4 Å². The molecule has 0 saturated carbocycles. The summed E-state index contributed by atoms with van der Waals surface area (Å²) in [7, 11) is 0. The zero-order valence-electron chi connectivity index (χ0n) is 16.9. The summed E-state index contributed by atoms with van der Waals surface area (Å²) in [5, 5.41) is 30.3. The Hall–Kier alpha value is -1.94. The van der Waals surface area contributed by atoms with Crippen LogP contribution in [0.4, 0.5) is 24.5 Å². The van der Waals surface area contributed by atoms with E-state index >= 15 is 0 Å². The van der Waals surface area contributed by atoms with Crippen molar-refractivity contribution >= 4 is 29.3 Å². The van der Waals surface area contributed by atoms with Crippen LogP contribution in [-0.2, 0) is 22.1 Å². The molecule has 0 unspecified atom stereocenters. The van der Waals surface area contributed by atoms with E-state index in [0.29, 0.717) is 34.3 Å². The summed E-state index contributed by atoms with van der Waals surface area (Å²) in [5.74, 6) is -2.77. The van der Waals surface area contributed by atoms with Gasteiger partial charge in [0.25, 0.3) is 11.5 Å². The van der Waals surface area contributed by atoms with E-state index in [1.54, 1.807) is 6.92 Å². The second-order valence-corrected chi connectivity index (χ2v) is 6.79. The third kappa shape index (κ3) is 6.78. The Bertz CT molecular complexity index is 1050. The number of halogens is 3. The van der Waals surface area contributed by atoms with Crippen LogP contribution in [0.1, 0.15) is 35.7 Å². The van der Waals surface area contributed by atoms with E-state index in [2.05, 4.69) is 19.6 Å². The third-order valence-corrected chi connectivity index (χ3v) is 4.49. The van der Waals surface area contributed by atoms with Gasteiger partial charge in [-0.3, -0.25) is 19.2 Å². The number of primary amides is 1. The van der Waals surface area contributed by atoms with Crippen molar-refractivity contribution in [2.45, 2.75) is 37.4 Å². The molecule has 1 heterocycles. The minimum absolute atomic E-state index is 0. The van der Waals surface area contributed by atoms with Crippen molar-refractivity contribution in [1.82, 2.24) is 4.57 Å². The summed E-state index contributed by atoms with van der Waals surface area (Å²) in [4.78, 5) is 24.7. The molecule has 168 valence electrons. The number of azo groups is 1. The van der Waals surface area contributed by atoms with Crippen molar-refractivity contribution < 1.29 is 67.3 Å². The van der Waals surface area contributed by atoms with Crippen LogP contribution in [0.3, 0.4) is 0 Å². The number of nitrogens with zero attached hydrogens (tertiary/aromatic N) is 3. The van der Waals surface area contributed by atoms with E-state index < -0.39 is 40.3 Å². The Morgan fingerprint density at radius 1 is 1.34 bits per heavy atom. The molecule has 0 saturated heterocycles. The van der Waals surface area contributed by atoms with Gasteiger partial charge in [-0.15, -0.1) is 5.11 Å². The van der Waals surface area contributed by atoms with Crippen molar-refractivity contribution in [3.63, 3.8) is 0 Å². The Morgan fingerprint density at radius 3 is 2.59 bits per heavy atom. The van der Waals surface area contributed by atoms with Crippen LogP contribution in [0.15, 0.2) is 44.2 Å². The standard InChI is InChI=1S/C17H17F3N4O6S.Na/c1-2-3-7-24-15(26)11(14(21)25)12(17(18,19)20)13(16(24)27)23-22-9-5-4-6-10(8-9)31-30-29-28;/h4-6,8,26,28H,2-3,7H2,1H3,(H2,21,25);/q;+1/p-1. The summed E-state index contributed by atoms with van der Waals surface area (Å²) in [5.41, 5.74) is -0.490. The SMILES string of the molecule is CCCCn1c(O)c(C(N)=O)c(C(F)(F)F)c(N=Nc2cccc(SOO[O-])c2)c1=O.[Na+]. The molecule has 0 spiro atoms. The monoisotopic (exact) mass is 484 g/mol. The molecule has 1 aromatic heterocycles. The number of alkyl halides is 3. The average molecular weight is 484 g/mol. The zero-order valence-corrected chi connectivity index (χ0v) is 19.7. The molecule has 32 heavy (non-hydrogen) atoms. The van der Waals surface area contributed by atoms with E-state index in [1.165, 1.54) is 24.3 Å². The molecule has 2 rings (SSSR count). The maximum atomic E-state index is 13.7. The normalized spacial score (nSPS) is 11.5. The second kappa shape index (κ2) is 12.3. The third-order valence-electron chi connectivity index (χ3n) is 3.92. The number of rotatable bonds is 9. The van der Waals surface area contributed by atoms with E-state index in [1.807, 2.05) is 0 Å². The molecular formula is C17H16F3N4NaO6S. The number of pyridine rings is 1. The molecule has 0 atom stereocenters. The fraction of sp³-hybridized carbons (Fsp3) is 0.294. The number of aromatic hydroxyl groups is 1. The molecule has 0 radical (unpaired) electrons. The Kier molecular flexibility index (Phi) is 10.8. The number of hydrogen-bond acceptors (Lipinski definition) is 9. The molecule has 0 aliphatic rings. The van der Waals surface area contributed by atoms with E-state index in [9.17, 15) is 33.1 Å². The molecule has 0 bridgehead atoms. The number of amides is 1. The Labute approximate surface area is 205 Å². The fourth-order valence-electron chi connectivity index (χ4n) is 2.58. The van der Waals surface area contributed by atoms with Crippen molar-refractivity contribution in [3.8, 4) is 5.88 Å². The van der Waals surface area contributed by atoms with Crippen molar-refractivity contribution in [2.75, 3.05) is 0 Å². The van der Waals surface area contributed by atoms with Crippen LogP contribution in [0.5, 0.6) is 5.88 Å². The quantitative estimate of drug-likeness (QED) is 0.169. The number of aromatic nitrogens is 1. The Morgan fingerprint density at radius 2 is 2.03 bits per heavy atom. The van der Waals surface area contributed by atoms with E-state index in [4.69, 9.17) is 5.73 Å². The number of unbranched alkanes of at least 4 members (excludes halogenated alkanes) is 1. The number of benzene rings is 1. The van der Waals surface area contributed by atoms with Crippen LogP contribution in [0.25, 0.3) is 0 Å². The van der Waals surface area contributed by atoms with Crippen LogP contribution in [0, 0.1) is 0 Å². The van der Waals surface area contributed by atoms with Crippen LogP contribution < -0.4 is 46.1 Å². The average Bonchev–Trinajstić information content (AvgIpc) is 2.70. The first-order valence-electron chi connectivity index (χ1n) is 8.63. The van der Waals surface area contributed by atoms with Gasteiger partial charge in [-0.2, -0.15) is 22.6 Å². The van der Waals surface area contributed by atoms with Gasteiger partial charge in [-0.25, -0.2) is 0 Å². The summed E-state index contributed by atoms with van der Waals surface area (Å²) in [6.07, 6.45) is -4.36. The summed E-state index contributed by atoms with van der Waals surface area (Å²) < 4.78 is 45.9. The maximum absolute atomic E-state index is 13.7. The molecule has 15 heteroatoms. The molecule has 0 aliphatic carbocycles. The number of hydrogen-bond donors (Lipinski definition) is 2. The first-order valence-corrected chi connectivity index (χ1v) is 9.37. The van der Waals surface area contributed by atoms with E-state index in [0.717, 1.165) is 0 Å². The van der Waals surface area contributed by atoms with Gasteiger partial charge >= 0.3 is 35.7 Å². The number of nitrogens with two attached hydrogens (primary N) is 1. The van der Waals surface area contributed by atoms with Gasteiger partial charge in [0.2, 0.25) is 5.88 Å².